The summed E-state index contributed by atoms with van der Waals surface area (Å²) in [6.07, 6.45) is 1.62. The number of oxime groups is 1. The summed E-state index contributed by atoms with van der Waals surface area (Å²) >= 11 is 3.43. The van der Waals surface area contributed by atoms with Gasteiger partial charge in [0.05, 0.1) is 6.21 Å². The highest BCUT2D eigenvalue weighted by atomic mass is 79.9. The third kappa shape index (κ3) is 3.59. The monoisotopic (exact) mass is 357 g/mol. The molecule has 0 aliphatic rings. The summed E-state index contributed by atoms with van der Waals surface area (Å²) in [5.41, 5.74) is 1.83. The minimum Gasteiger partial charge on any atom is -0.386 e. The minimum absolute atomic E-state index is 0.126. The largest absolute Gasteiger partial charge is 0.386 e. The lowest BCUT2D eigenvalue weighted by atomic mass is 10.2. The summed E-state index contributed by atoms with van der Waals surface area (Å²) < 4.78 is 6.08. The Morgan fingerprint density at radius 3 is 2.68 bits per heavy atom. The Morgan fingerprint density at radius 2 is 1.86 bits per heavy atom. The predicted octanol–water partition coefficient (Wildman–Crippen LogP) is 4.05. The maximum absolute atomic E-state index is 5.18. The van der Waals surface area contributed by atoms with Gasteiger partial charge in [-0.05, 0) is 6.07 Å². The average Bonchev–Trinajstić information content (AvgIpc) is 3.03. The van der Waals surface area contributed by atoms with Crippen molar-refractivity contribution in [1.29, 1.82) is 0 Å². The van der Waals surface area contributed by atoms with Crippen LogP contribution in [0.4, 0.5) is 0 Å². The maximum atomic E-state index is 5.18. The number of halogens is 1. The van der Waals surface area contributed by atoms with Crippen LogP contribution in [0.25, 0.3) is 11.4 Å². The Morgan fingerprint density at radius 1 is 1.09 bits per heavy atom. The first-order chi connectivity index (χ1) is 10.8. The summed E-state index contributed by atoms with van der Waals surface area (Å²) in [6, 6.07) is 17.3. The van der Waals surface area contributed by atoms with Crippen molar-refractivity contribution in [3.8, 4) is 11.4 Å². The zero-order chi connectivity index (χ0) is 15.2. The van der Waals surface area contributed by atoms with Crippen LogP contribution >= 0.6 is 15.9 Å². The van der Waals surface area contributed by atoms with Crippen molar-refractivity contribution >= 4 is 22.1 Å². The van der Waals surface area contributed by atoms with E-state index in [2.05, 4.69) is 31.2 Å². The SMILES string of the molecule is Brc1ccccc1/C=N\OCc1nc(-c2ccccc2)no1. The second-order valence-electron chi connectivity index (χ2n) is 4.41. The van der Waals surface area contributed by atoms with Gasteiger partial charge in [-0.1, -0.05) is 74.8 Å². The van der Waals surface area contributed by atoms with Crippen molar-refractivity contribution in [3.63, 3.8) is 0 Å². The van der Waals surface area contributed by atoms with E-state index in [1.165, 1.54) is 0 Å². The Bertz CT molecular complexity index is 772. The molecule has 110 valence electrons. The first-order valence-electron chi connectivity index (χ1n) is 6.61. The van der Waals surface area contributed by atoms with Gasteiger partial charge in [0.25, 0.3) is 5.89 Å². The molecule has 0 aliphatic heterocycles. The lowest BCUT2D eigenvalue weighted by Crippen LogP contribution is -1.89. The van der Waals surface area contributed by atoms with Crippen LogP contribution in [0, 0.1) is 0 Å². The summed E-state index contributed by atoms with van der Waals surface area (Å²) in [5.74, 6) is 0.914. The van der Waals surface area contributed by atoms with E-state index in [-0.39, 0.29) is 6.61 Å². The molecule has 3 aromatic rings. The van der Waals surface area contributed by atoms with Gasteiger partial charge in [-0.3, -0.25) is 0 Å². The van der Waals surface area contributed by atoms with E-state index in [1.807, 2.05) is 54.6 Å². The van der Waals surface area contributed by atoms with Crippen LogP contribution in [0.15, 0.2) is 68.7 Å². The van der Waals surface area contributed by atoms with Crippen molar-refractivity contribution < 1.29 is 9.36 Å². The smallest absolute Gasteiger partial charge is 0.267 e. The first-order valence-corrected chi connectivity index (χ1v) is 7.40. The van der Waals surface area contributed by atoms with Gasteiger partial charge < -0.3 is 9.36 Å². The molecule has 2 aromatic carbocycles. The van der Waals surface area contributed by atoms with Crippen LogP contribution in [0.5, 0.6) is 0 Å². The van der Waals surface area contributed by atoms with E-state index in [1.54, 1.807) is 6.21 Å². The lowest BCUT2D eigenvalue weighted by Gasteiger charge is -1.96. The standard InChI is InChI=1S/C16H12BrN3O2/c17-14-9-5-4-8-13(14)10-18-21-11-15-19-16(20-22-15)12-6-2-1-3-7-12/h1-10H,11H2/b18-10-. The van der Waals surface area contributed by atoms with Gasteiger partial charge in [0.2, 0.25) is 5.82 Å². The highest BCUT2D eigenvalue weighted by Gasteiger charge is 2.08. The molecule has 0 fully saturated rings. The molecule has 0 saturated heterocycles. The number of nitrogens with zero attached hydrogens (tertiary/aromatic N) is 3. The molecule has 0 atom stereocenters. The van der Waals surface area contributed by atoms with Crippen LogP contribution in [-0.4, -0.2) is 16.4 Å². The van der Waals surface area contributed by atoms with E-state index in [0.717, 1.165) is 15.6 Å². The molecule has 22 heavy (non-hydrogen) atoms. The Kier molecular flexibility index (Phi) is 4.60. The molecule has 6 heteroatoms. The maximum Gasteiger partial charge on any atom is 0.267 e. The summed E-state index contributed by atoms with van der Waals surface area (Å²) in [5, 5.41) is 7.81. The zero-order valence-corrected chi connectivity index (χ0v) is 13.1. The first kappa shape index (κ1) is 14.5. The molecule has 0 saturated carbocycles. The number of aromatic nitrogens is 2. The van der Waals surface area contributed by atoms with Crippen molar-refractivity contribution in [3.05, 3.63) is 70.5 Å². The molecule has 0 radical (unpaired) electrons. The van der Waals surface area contributed by atoms with E-state index in [4.69, 9.17) is 9.36 Å². The van der Waals surface area contributed by atoms with E-state index < -0.39 is 0 Å². The normalized spacial score (nSPS) is 11.0. The van der Waals surface area contributed by atoms with Crippen molar-refractivity contribution in [2.75, 3.05) is 0 Å². The number of hydrogen-bond acceptors (Lipinski definition) is 5. The van der Waals surface area contributed by atoms with Crippen molar-refractivity contribution in [1.82, 2.24) is 10.1 Å². The van der Waals surface area contributed by atoms with Crippen LogP contribution in [-0.2, 0) is 11.4 Å². The minimum atomic E-state index is 0.126. The van der Waals surface area contributed by atoms with E-state index in [0.29, 0.717) is 11.7 Å². The Hall–Kier alpha value is -2.47. The number of rotatable bonds is 5. The van der Waals surface area contributed by atoms with Crippen LogP contribution in [0.3, 0.4) is 0 Å². The fourth-order valence-electron chi connectivity index (χ4n) is 1.78. The highest BCUT2D eigenvalue weighted by molar-refractivity contribution is 9.10. The summed E-state index contributed by atoms with van der Waals surface area (Å²) in [7, 11) is 0. The molecule has 0 N–H and O–H groups in total. The average molecular weight is 358 g/mol. The molecule has 0 unspecified atom stereocenters. The van der Waals surface area contributed by atoms with Crippen molar-refractivity contribution in [2.45, 2.75) is 6.61 Å². The number of benzene rings is 2. The Balaban J connectivity index is 1.59. The van der Waals surface area contributed by atoms with Crippen LogP contribution in [0.1, 0.15) is 11.5 Å². The topological polar surface area (TPSA) is 60.5 Å². The Labute approximate surface area is 135 Å². The van der Waals surface area contributed by atoms with Crippen LogP contribution in [0.2, 0.25) is 0 Å². The van der Waals surface area contributed by atoms with Gasteiger partial charge >= 0.3 is 0 Å². The van der Waals surface area contributed by atoms with E-state index in [9.17, 15) is 0 Å². The molecular weight excluding hydrogens is 346 g/mol. The second-order valence-corrected chi connectivity index (χ2v) is 5.26. The molecule has 3 rings (SSSR count). The highest BCUT2D eigenvalue weighted by Crippen LogP contribution is 2.15. The molecule has 0 amide bonds. The predicted molar refractivity (Wildman–Crippen MR) is 86.3 cm³/mol. The zero-order valence-electron chi connectivity index (χ0n) is 11.5. The van der Waals surface area contributed by atoms with Gasteiger partial charge in [-0.2, -0.15) is 4.98 Å². The summed E-state index contributed by atoms with van der Waals surface area (Å²) in [6.45, 7) is 0.126. The third-order valence-electron chi connectivity index (χ3n) is 2.86. The third-order valence-corrected chi connectivity index (χ3v) is 3.58. The lowest BCUT2D eigenvalue weighted by molar-refractivity contribution is 0.107. The molecule has 0 bridgehead atoms. The van der Waals surface area contributed by atoms with Gasteiger partial charge in [0.1, 0.15) is 0 Å². The molecule has 0 aliphatic carbocycles. The summed E-state index contributed by atoms with van der Waals surface area (Å²) in [4.78, 5) is 9.44. The molecule has 0 spiro atoms. The molecular formula is C16H12BrN3O2. The van der Waals surface area contributed by atoms with Crippen molar-refractivity contribution in [2.24, 2.45) is 5.16 Å². The fourth-order valence-corrected chi connectivity index (χ4v) is 2.17. The van der Waals surface area contributed by atoms with E-state index >= 15 is 0 Å². The van der Waals surface area contributed by atoms with Gasteiger partial charge in [0.15, 0.2) is 6.61 Å². The van der Waals surface area contributed by atoms with Gasteiger partial charge in [-0.25, -0.2) is 0 Å². The number of hydrogen-bond donors (Lipinski definition) is 0. The molecule has 1 heterocycles. The molecule has 1 aromatic heterocycles. The molecule has 5 nitrogen and oxygen atoms in total. The van der Waals surface area contributed by atoms with Crippen LogP contribution < -0.4 is 0 Å². The van der Waals surface area contributed by atoms with Gasteiger partial charge in [0, 0.05) is 15.6 Å². The quantitative estimate of drug-likeness (QED) is 0.510. The van der Waals surface area contributed by atoms with Gasteiger partial charge in [-0.15, -0.1) is 0 Å². The second kappa shape index (κ2) is 7.00. The fraction of sp³-hybridized carbons (Fsp3) is 0.0625.